The molecule has 0 fully saturated rings. The van der Waals surface area contributed by atoms with Gasteiger partial charge in [0.2, 0.25) is 0 Å². The lowest BCUT2D eigenvalue weighted by atomic mass is 10.3. The summed E-state index contributed by atoms with van der Waals surface area (Å²) in [4.78, 5) is 15.8. The largest absolute Gasteiger partial charge is 0.382 e. The van der Waals surface area contributed by atoms with E-state index in [0.717, 1.165) is 0 Å². The fourth-order valence-electron chi connectivity index (χ4n) is 1.85. The van der Waals surface area contributed by atoms with Crippen molar-refractivity contribution in [3.63, 3.8) is 0 Å². The zero-order valence-electron chi connectivity index (χ0n) is 11.3. The molecule has 3 heterocycles. The predicted octanol–water partition coefficient (Wildman–Crippen LogP) is 0.482. The fraction of sp³-hybridized carbons (Fsp3) is 0. The summed E-state index contributed by atoms with van der Waals surface area (Å²) in [6, 6.07) is 8.59. The van der Waals surface area contributed by atoms with Crippen LogP contribution in [0.3, 0.4) is 0 Å². The maximum atomic E-state index is 11.4. The molecule has 0 saturated heterocycles. The van der Waals surface area contributed by atoms with Crippen molar-refractivity contribution < 1.29 is 4.79 Å². The van der Waals surface area contributed by atoms with E-state index < -0.39 is 5.91 Å². The molecule has 1 amide bonds. The van der Waals surface area contributed by atoms with Crippen LogP contribution in [0.25, 0.3) is 5.82 Å². The lowest BCUT2D eigenvalue weighted by Crippen LogP contribution is -2.17. The molecule has 0 unspecified atom stereocenters. The normalized spacial score (nSPS) is 10.4. The summed E-state index contributed by atoms with van der Waals surface area (Å²) in [5, 5.41) is 14.4. The van der Waals surface area contributed by atoms with Crippen LogP contribution in [0, 0.1) is 0 Å². The van der Waals surface area contributed by atoms with Crippen molar-refractivity contribution in [3.05, 3.63) is 48.4 Å². The number of anilines is 3. The molecular formula is C13H12N8O. The monoisotopic (exact) mass is 296 g/mol. The summed E-state index contributed by atoms with van der Waals surface area (Å²) < 4.78 is 1.61. The lowest BCUT2D eigenvalue weighted by molar-refractivity contribution is 0.0995. The van der Waals surface area contributed by atoms with Crippen LogP contribution in [0.5, 0.6) is 0 Å². The van der Waals surface area contributed by atoms with Crippen molar-refractivity contribution in [2.75, 3.05) is 11.1 Å². The second-order valence-electron chi connectivity index (χ2n) is 4.35. The minimum atomic E-state index is -0.710. The molecule has 5 N–H and O–H groups in total. The van der Waals surface area contributed by atoms with E-state index in [1.54, 1.807) is 41.3 Å². The smallest absolute Gasteiger partial charge is 0.271 e. The number of carbonyl (C=O) groups excluding carboxylic acids is 1. The van der Waals surface area contributed by atoms with Crippen LogP contribution >= 0.6 is 0 Å². The Morgan fingerprint density at radius 1 is 1.23 bits per heavy atom. The van der Waals surface area contributed by atoms with Crippen molar-refractivity contribution in [1.82, 2.24) is 25.0 Å². The average Bonchev–Trinajstić information content (AvgIpc) is 3.01. The maximum absolute atomic E-state index is 11.4. The van der Waals surface area contributed by atoms with Gasteiger partial charge >= 0.3 is 0 Å². The minimum Gasteiger partial charge on any atom is -0.382 e. The molecule has 0 aromatic carbocycles. The van der Waals surface area contributed by atoms with Gasteiger partial charge in [0, 0.05) is 18.5 Å². The van der Waals surface area contributed by atoms with E-state index in [-0.39, 0.29) is 11.5 Å². The number of rotatable bonds is 4. The first kappa shape index (κ1) is 13.5. The van der Waals surface area contributed by atoms with Crippen LogP contribution in [0.4, 0.5) is 17.3 Å². The van der Waals surface area contributed by atoms with Crippen molar-refractivity contribution in [3.8, 4) is 5.82 Å². The first-order chi connectivity index (χ1) is 10.6. The van der Waals surface area contributed by atoms with Gasteiger partial charge < -0.3 is 16.8 Å². The molecule has 0 saturated carbocycles. The van der Waals surface area contributed by atoms with Crippen LogP contribution in [0.1, 0.15) is 10.5 Å². The highest BCUT2D eigenvalue weighted by Crippen LogP contribution is 2.19. The summed E-state index contributed by atoms with van der Waals surface area (Å²) >= 11 is 0. The van der Waals surface area contributed by atoms with Gasteiger partial charge in [0.05, 0.1) is 5.69 Å². The zero-order chi connectivity index (χ0) is 15.5. The number of nitrogen functional groups attached to an aromatic ring is 1. The van der Waals surface area contributed by atoms with E-state index in [9.17, 15) is 4.79 Å². The number of hydrogen-bond acceptors (Lipinski definition) is 7. The maximum Gasteiger partial charge on any atom is 0.271 e. The van der Waals surface area contributed by atoms with Crippen LogP contribution in [0.2, 0.25) is 0 Å². The number of amides is 1. The highest BCUT2D eigenvalue weighted by molar-refractivity contribution is 5.97. The van der Waals surface area contributed by atoms with E-state index in [1.165, 1.54) is 6.07 Å². The Balaban J connectivity index is 1.95. The molecule has 0 aliphatic heterocycles. The molecule has 22 heavy (non-hydrogen) atoms. The lowest BCUT2D eigenvalue weighted by Gasteiger charge is -2.09. The number of nitrogens with zero attached hydrogens (tertiary/aromatic N) is 5. The van der Waals surface area contributed by atoms with Gasteiger partial charge in [0.15, 0.2) is 11.5 Å². The van der Waals surface area contributed by atoms with Gasteiger partial charge in [-0.25, -0.2) is 9.67 Å². The number of nitrogens with two attached hydrogens (primary N) is 2. The topological polar surface area (TPSA) is 138 Å². The van der Waals surface area contributed by atoms with E-state index in [2.05, 4.69) is 25.6 Å². The molecule has 9 nitrogen and oxygen atoms in total. The first-order valence-electron chi connectivity index (χ1n) is 6.30. The molecule has 9 heteroatoms. The molecule has 110 valence electrons. The van der Waals surface area contributed by atoms with Gasteiger partial charge in [-0.2, -0.15) is 5.10 Å². The van der Waals surface area contributed by atoms with Gasteiger partial charge in [-0.05, 0) is 18.2 Å². The summed E-state index contributed by atoms with van der Waals surface area (Å²) in [6.45, 7) is 0. The molecular weight excluding hydrogens is 284 g/mol. The second kappa shape index (κ2) is 5.48. The SMILES string of the molecule is NC(=O)c1nnc(N)cc1Nc1cccc(-n2cccn2)n1. The van der Waals surface area contributed by atoms with Gasteiger partial charge in [-0.1, -0.05) is 6.07 Å². The van der Waals surface area contributed by atoms with E-state index in [0.29, 0.717) is 17.3 Å². The third kappa shape index (κ3) is 2.68. The van der Waals surface area contributed by atoms with Crippen molar-refractivity contribution in [2.45, 2.75) is 0 Å². The number of hydrogen-bond donors (Lipinski definition) is 3. The molecule has 3 rings (SSSR count). The second-order valence-corrected chi connectivity index (χ2v) is 4.35. The van der Waals surface area contributed by atoms with E-state index in [1.807, 2.05) is 0 Å². The van der Waals surface area contributed by atoms with Crippen molar-refractivity contribution >= 4 is 23.2 Å². The van der Waals surface area contributed by atoms with Gasteiger partial charge in [-0.3, -0.25) is 4.79 Å². The number of primary amides is 1. The van der Waals surface area contributed by atoms with Crippen LogP contribution < -0.4 is 16.8 Å². The standard InChI is InChI=1S/C13H12N8O/c14-9-7-8(12(13(15)22)20-19-9)17-10-3-1-4-11(18-10)21-6-2-5-16-21/h1-7H,(H2,15,22)(H3,14,17,18,19). The molecule has 0 bridgehead atoms. The Morgan fingerprint density at radius 2 is 2.09 bits per heavy atom. The van der Waals surface area contributed by atoms with E-state index >= 15 is 0 Å². The number of pyridine rings is 1. The number of nitrogens with one attached hydrogen (secondary N) is 1. The quantitative estimate of drug-likeness (QED) is 0.636. The van der Waals surface area contributed by atoms with Gasteiger partial charge in [0.25, 0.3) is 5.91 Å². The highest BCUT2D eigenvalue weighted by Gasteiger charge is 2.12. The average molecular weight is 296 g/mol. The minimum absolute atomic E-state index is 0.0134. The Bertz CT molecular complexity index is 815. The molecule has 0 spiro atoms. The van der Waals surface area contributed by atoms with E-state index in [4.69, 9.17) is 11.5 Å². The fourth-order valence-corrected chi connectivity index (χ4v) is 1.85. The Kier molecular flexibility index (Phi) is 3.36. The first-order valence-corrected chi connectivity index (χ1v) is 6.30. The molecule has 0 aliphatic carbocycles. The van der Waals surface area contributed by atoms with Gasteiger partial charge in [0.1, 0.15) is 11.6 Å². The Morgan fingerprint density at radius 3 is 2.82 bits per heavy atom. The summed E-state index contributed by atoms with van der Waals surface area (Å²) in [5.74, 6) is 0.558. The predicted molar refractivity (Wildman–Crippen MR) is 79.6 cm³/mol. The van der Waals surface area contributed by atoms with Crippen LogP contribution in [-0.2, 0) is 0 Å². The third-order valence-electron chi connectivity index (χ3n) is 2.78. The van der Waals surface area contributed by atoms with Gasteiger partial charge in [-0.15, -0.1) is 10.2 Å². The Labute approximate surface area is 125 Å². The molecule has 0 radical (unpaired) electrons. The van der Waals surface area contributed by atoms with Crippen molar-refractivity contribution in [2.24, 2.45) is 5.73 Å². The number of aromatic nitrogens is 5. The summed E-state index contributed by atoms with van der Waals surface area (Å²) in [7, 11) is 0. The highest BCUT2D eigenvalue weighted by atomic mass is 16.1. The van der Waals surface area contributed by atoms with Crippen LogP contribution in [0.15, 0.2) is 42.7 Å². The third-order valence-corrected chi connectivity index (χ3v) is 2.78. The number of carbonyl (C=O) groups is 1. The molecule has 3 aromatic heterocycles. The zero-order valence-corrected chi connectivity index (χ0v) is 11.3. The van der Waals surface area contributed by atoms with Crippen molar-refractivity contribution in [1.29, 1.82) is 0 Å². The summed E-state index contributed by atoms with van der Waals surface area (Å²) in [5.41, 5.74) is 11.2. The van der Waals surface area contributed by atoms with Crippen LogP contribution in [-0.4, -0.2) is 30.9 Å². The molecule has 0 aliphatic rings. The molecule has 3 aromatic rings. The Hall–Kier alpha value is -3.49. The summed E-state index contributed by atoms with van der Waals surface area (Å²) in [6.07, 6.45) is 3.42. The molecule has 0 atom stereocenters.